The summed E-state index contributed by atoms with van der Waals surface area (Å²) in [5, 5.41) is 2.91. The van der Waals surface area contributed by atoms with Crippen molar-refractivity contribution in [1.82, 2.24) is 10.2 Å². The van der Waals surface area contributed by atoms with Gasteiger partial charge in [0.05, 0.1) is 19.8 Å². The molecule has 0 aromatic heterocycles. The van der Waals surface area contributed by atoms with Crippen molar-refractivity contribution in [3.8, 4) is 0 Å². The second-order valence-electron chi connectivity index (χ2n) is 4.09. The molecule has 0 saturated carbocycles. The summed E-state index contributed by atoms with van der Waals surface area (Å²) in [6, 6.07) is 0. The smallest absolute Gasteiger partial charge is 0.234 e. The summed E-state index contributed by atoms with van der Waals surface area (Å²) in [7, 11) is 0. The maximum absolute atomic E-state index is 11.4. The highest BCUT2D eigenvalue weighted by molar-refractivity contribution is 5.77. The molecule has 14 heavy (non-hydrogen) atoms. The van der Waals surface area contributed by atoms with Gasteiger partial charge in [-0.1, -0.05) is 13.8 Å². The molecule has 1 heterocycles. The van der Waals surface area contributed by atoms with E-state index in [1.54, 1.807) is 0 Å². The lowest BCUT2D eigenvalue weighted by molar-refractivity contribution is -0.123. The Hall–Kier alpha value is -0.610. The molecule has 4 nitrogen and oxygen atoms in total. The molecule has 82 valence electrons. The molecule has 0 spiro atoms. The summed E-state index contributed by atoms with van der Waals surface area (Å²) in [5.74, 6) is 0.643. The van der Waals surface area contributed by atoms with Crippen LogP contribution in [0.1, 0.15) is 13.8 Å². The minimum absolute atomic E-state index is 0.126. The first-order valence-electron chi connectivity index (χ1n) is 5.25. The predicted molar refractivity (Wildman–Crippen MR) is 55.1 cm³/mol. The van der Waals surface area contributed by atoms with Crippen LogP contribution in [-0.4, -0.2) is 50.2 Å². The van der Waals surface area contributed by atoms with E-state index in [9.17, 15) is 4.79 Å². The van der Waals surface area contributed by atoms with Crippen molar-refractivity contribution in [3.63, 3.8) is 0 Å². The summed E-state index contributed by atoms with van der Waals surface area (Å²) in [6.07, 6.45) is 0. The fourth-order valence-corrected chi connectivity index (χ4v) is 1.34. The van der Waals surface area contributed by atoms with Gasteiger partial charge in [0.1, 0.15) is 0 Å². The van der Waals surface area contributed by atoms with Gasteiger partial charge in [0.15, 0.2) is 0 Å². The van der Waals surface area contributed by atoms with Gasteiger partial charge < -0.3 is 10.1 Å². The van der Waals surface area contributed by atoms with Crippen LogP contribution in [-0.2, 0) is 9.53 Å². The van der Waals surface area contributed by atoms with E-state index < -0.39 is 0 Å². The molecule has 1 aliphatic heterocycles. The first-order chi connectivity index (χ1) is 6.68. The minimum Gasteiger partial charge on any atom is -0.379 e. The van der Waals surface area contributed by atoms with E-state index in [-0.39, 0.29) is 5.91 Å². The zero-order valence-electron chi connectivity index (χ0n) is 9.08. The summed E-state index contributed by atoms with van der Waals surface area (Å²) in [4.78, 5) is 13.5. The van der Waals surface area contributed by atoms with Crippen LogP contribution < -0.4 is 5.32 Å². The van der Waals surface area contributed by atoms with Gasteiger partial charge in [-0.25, -0.2) is 0 Å². The third-order valence-electron chi connectivity index (χ3n) is 2.18. The van der Waals surface area contributed by atoms with Crippen molar-refractivity contribution in [2.24, 2.45) is 5.92 Å². The molecule has 1 amide bonds. The Morgan fingerprint density at radius 1 is 1.43 bits per heavy atom. The third kappa shape index (κ3) is 4.58. The summed E-state index contributed by atoms with van der Waals surface area (Å²) < 4.78 is 5.21. The van der Waals surface area contributed by atoms with E-state index in [0.29, 0.717) is 12.5 Å². The lowest BCUT2D eigenvalue weighted by Crippen LogP contribution is -2.43. The monoisotopic (exact) mass is 200 g/mol. The van der Waals surface area contributed by atoms with E-state index >= 15 is 0 Å². The van der Waals surface area contributed by atoms with E-state index in [0.717, 1.165) is 32.8 Å². The second kappa shape index (κ2) is 5.98. The topological polar surface area (TPSA) is 41.6 Å². The first kappa shape index (κ1) is 11.5. The van der Waals surface area contributed by atoms with Crippen molar-refractivity contribution in [2.45, 2.75) is 13.8 Å². The Balaban J connectivity index is 2.12. The van der Waals surface area contributed by atoms with Crippen LogP contribution in [0.3, 0.4) is 0 Å². The van der Waals surface area contributed by atoms with Crippen LogP contribution in [0.25, 0.3) is 0 Å². The van der Waals surface area contributed by atoms with Gasteiger partial charge in [-0.2, -0.15) is 0 Å². The molecular weight excluding hydrogens is 180 g/mol. The number of nitrogens with zero attached hydrogens (tertiary/aromatic N) is 1. The van der Waals surface area contributed by atoms with Crippen molar-refractivity contribution in [3.05, 3.63) is 0 Å². The lowest BCUT2D eigenvalue weighted by atomic mass is 10.2. The number of ether oxygens (including phenoxy) is 1. The first-order valence-corrected chi connectivity index (χ1v) is 5.25. The zero-order chi connectivity index (χ0) is 10.4. The molecule has 0 unspecified atom stereocenters. The van der Waals surface area contributed by atoms with Crippen LogP contribution in [0.5, 0.6) is 0 Å². The van der Waals surface area contributed by atoms with Gasteiger partial charge in [-0.3, -0.25) is 9.69 Å². The number of carbonyl (C=O) groups is 1. The normalized spacial score (nSPS) is 18.5. The molecule has 1 fully saturated rings. The number of carbonyl (C=O) groups excluding carboxylic acids is 1. The molecule has 1 saturated heterocycles. The standard InChI is InChI=1S/C10H20N2O2/c1-9(2)7-11-10(13)8-12-3-5-14-6-4-12/h9H,3-8H2,1-2H3,(H,11,13). The van der Waals surface area contributed by atoms with Crippen molar-refractivity contribution >= 4 is 5.91 Å². The molecule has 1 rings (SSSR count). The maximum atomic E-state index is 11.4. The summed E-state index contributed by atoms with van der Waals surface area (Å²) in [5.41, 5.74) is 0. The highest BCUT2D eigenvalue weighted by Crippen LogP contribution is 1.95. The van der Waals surface area contributed by atoms with Crippen LogP contribution in [0, 0.1) is 5.92 Å². The van der Waals surface area contributed by atoms with Crippen molar-refractivity contribution in [2.75, 3.05) is 39.4 Å². The van der Waals surface area contributed by atoms with Crippen molar-refractivity contribution in [1.29, 1.82) is 0 Å². The van der Waals surface area contributed by atoms with E-state index in [1.165, 1.54) is 0 Å². The van der Waals surface area contributed by atoms with Crippen LogP contribution in [0.2, 0.25) is 0 Å². The largest absolute Gasteiger partial charge is 0.379 e. The molecular formula is C10H20N2O2. The zero-order valence-corrected chi connectivity index (χ0v) is 9.08. The molecule has 0 aromatic rings. The Bertz CT molecular complexity index is 177. The molecule has 0 bridgehead atoms. The Labute approximate surface area is 85.6 Å². The van der Waals surface area contributed by atoms with Gasteiger partial charge >= 0.3 is 0 Å². The van der Waals surface area contributed by atoms with E-state index in [4.69, 9.17) is 4.74 Å². The number of amides is 1. The quantitative estimate of drug-likeness (QED) is 0.699. The summed E-state index contributed by atoms with van der Waals surface area (Å²) in [6.45, 7) is 8.70. The number of rotatable bonds is 4. The highest BCUT2D eigenvalue weighted by Gasteiger charge is 2.13. The van der Waals surface area contributed by atoms with Gasteiger partial charge in [0, 0.05) is 19.6 Å². The van der Waals surface area contributed by atoms with Crippen molar-refractivity contribution < 1.29 is 9.53 Å². The molecule has 1 aliphatic rings. The molecule has 4 heteroatoms. The molecule has 0 radical (unpaired) electrons. The fourth-order valence-electron chi connectivity index (χ4n) is 1.34. The van der Waals surface area contributed by atoms with E-state index in [2.05, 4.69) is 24.1 Å². The third-order valence-corrected chi connectivity index (χ3v) is 2.18. The molecule has 0 aromatic carbocycles. The van der Waals surface area contributed by atoms with Crippen LogP contribution in [0.15, 0.2) is 0 Å². The second-order valence-corrected chi connectivity index (χ2v) is 4.09. The highest BCUT2D eigenvalue weighted by atomic mass is 16.5. The fraction of sp³-hybridized carbons (Fsp3) is 0.900. The van der Waals surface area contributed by atoms with Crippen LogP contribution >= 0.6 is 0 Å². The minimum atomic E-state index is 0.126. The molecule has 0 aliphatic carbocycles. The lowest BCUT2D eigenvalue weighted by Gasteiger charge is -2.25. The average Bonchev–Trinajstić information content (AvgIpc) is 2.16. The molecule has 0 atom stereocenters. The summed E-state index contributed by atoms with van der Waals surface area (Å²) >= 11 is 0. The maximum Gasteiger partial charge on any atom is 0.234 e. The van der Waals surface area contributed by atoms with Gasteiger partial charge in [0.2, 0.25) is 5.91 Å². The Morgan fingerprint density at radius 3 is 2.64 bits per heavy atom. The number of morpholine rings is 1. The number of hydrogen-bond acceptors (Lipinski definition) is 3. The van der Waals surface area contributed by atoms with Gasteiger partial charge in [-0.05, 0) is 5.92 Å². The van der Waals surface area contributed by atoms with Crippen LogP contribution in [0.4, 0.5) is 0 Å². The Kier molecular flexibility index (Phi) is 4.90. The number of hydrogen-bond donors (Lipinski definition) is 1. The predicted octanol–water partition coefficient (Wildman–Crippen LogP) is 0.0908. The van der Waals surface area contributed by atoms with Gasteiger partial charge in [0.25, 0.3) is 0 Å². The Morgan fingerprint density at radius 2 is 2.07 bits per heavy atom. The van der Waals surface area contributed by atoms with E-state index in [1.807, 2.05) is 0 Å². The average molecular weight is 200 g/mol. The molecule has 1 N–H and O–H groups in total. The number of nitrogens with one attached hydrogen (secondary N) is 1. The SMILES string of the molecule is CC(C)CNC(=O)CN1CCOCC1. The van der Waals surface area contributed by atoms with Gasteiger partial charge in [-0.15, -0.1) is 0 Å².